The van der Waals surface area contributed by atoms with Gasteiger partial charge in [-0.15, -0.1) is 0 Å². The van der Waals surface area contributed by atoms with Crippen LogP contribution in [0.15, 0.2) is 182 Å². The molecule has 0 spiro atoms. The normalized spacial score (nSPS) is 14.7. The zero-order valence-corrected chi connectivity index (χ0v) is 32.6. The third kappa shape index (κ3) is 4.13. The summed E-state index contributed by atoms with van der Waals surface area (Å²) in [4.78, 5) is 0. The van der Waals surface area contributed by atoms with Crippen molar-refractivity contribution in [1.82, 2.24) is 0 Å². The second-order valence-corrected chi connectivity index (χ2v) is 17.1. The molecule has 0 nitrogen and oxygen atoms in total. The highest BCUT2D eigenvalue weighted by molar-refractivity contribution is 6.29. The summed E-state index contributed by atoms with van der Waals surface area (Å²) in [5.74, 6) is 0.470. The van der Waals surface area contributed by atoms with E-state index in [0.717, 1.165) is 6.42 Å². The first-order valence-corrected chi connectivity index (χ1v) is 21.1. The minimum absolute atomic E-state index is 0.470. The fourth-order valence-electron chi connectivity index (χ4n) is 11.6. The summed E-state index contributed by atoms with van der Waals surface area (Å²) in [6.07, 6.45) is 3.56. The zero-order chi connectivity index (χ0) is 38.5. The lowest BCUT2D eigenvalue weighted by Gasteiger charge is -2.24. The van der Waals surface area contributed by atoms with Crippen molar-refractivity contribution in [3.05, 3.63) is 199 Å². The average Bonchev–Trinajstić information content (AvgIpc) is 3.79. The third-order valence-electron chi connectivity index (χ3n) is 14.0. The van der Waals surface area contributed by atoms with E-state index < -0.39 is 0 Å². The maximum atomic E-state index is 2.54. The van der Waals surface area contributed by atoms with E-state index in [0.29, 0.717) is 5.92 Å². The monoisotopic (exact) mass is 744 g/mol. The molecule has 3 aliphatic carbocycles. The molecule has 0 radical (unpaired) electrons. The number of fused-ring (bicyclic) bond motifs is 15. The molecule has 0 N–H and O–H groups in total. The standard InChI is InChI=1S/C59H36/c1-33-27-54-42-21-10-11-22-43(42)57-32-51-40-19-8-6-17-38(40)49(30-53(51)55(28-33)59(54)57)45-26-25-44(34-13-2-3-14-35(34)45)48-29-52-47-24-12-23-46-36-15-4-9-20-41(36)56(58(46)47)31-50(52)39-18-7-5-16-37(39)48/h2-27,29-33H,28H2,1H3. The smallest absolute Gasteiger partial charge is 0.00199 e. The Bertz CT molecular complexity index is 3760. The van der Waals surface area contributed by atoms with Crippen molar-refractivity contribution in [3.63, 3.8) is 0 Å². The van der Waals surface area contributed by atoms with Gasteiger partial charge in [-0.1, -0.05) is 165 Å². The molecule has 0 aliphatic heterocycles. The van der Waals surface area contributed by atoms with Gasteiger partial charge in [0, 0.05) is 0 Å². The Hall–Kier alpha value is -7.28. The number of rotatable bonds is 2. The summed E-state index contributed by atoms with van der Waals surface area (Å²) >= 11 is 0. The second kappa shape index (κ2) is 11.4. The lowest BCUT2D eigenvalue weighted by Crippen LogP contribution is -2.07. The molecule has 0 saturated heterocycles. The molecule has 1 atom stereocenters. The van der Waals surface area contributed by atoms with Crippen molar-refractivity contribution in [2.24, 2.45) is 5.92 Å². The summed E-state index contributed by atoms with van der Waals surface area (Å²) in [6.45, 7) is 2.38. The van der Waals surface area contributed by atoms with E-state index in [1.165, 1.54) is 143 Å². The van der Waals surface area contributed by atoms with E-state index in [-0.39, 0.29) is 0 Å². The molecule has 0 heteroatoms. The number of hydrogen-bond donors (Lipinski definition) is 0. The molecular formula is C59H36. The van der Waals surface area contributed by atoms with Crippen LogP contribution in [0.25, 0.3) is 126 Å². The van der Waals surface area contributed by atoms with E-state index in [4.69, 9.17) is 0 Å². The highest BCUT2D eigenvalue weighted by Crippen LogP contribution is 2.54. The van der Waals surface area contributed by atoms with Crippen LogP contribution in [0, 0.1) is 5.92 Å². The SMILES string of the molecule is CC1C=C2c3ccccc3-c3cc4c(cc(-c5ccc(-c6cc7c8cccc9c8c(cc7c7ccccc67)-c6ccccc6-9)c6ccccc56)c5ccccc54)c(c32)C1. The predicted octanol–water partition coefficient (Wildman–Crippen LogP) is 16.2. The highest BCUT2D eigenvalue weighted by atomic mass is 14.3. The Kier molecular flexibility index (Phi) is 6.16. The maximum Gasteiger partial charge on any atom is -0.00199 e. The van der Waals surface area contributed by atoms with Crippen LogP contribution < -0.4 is 0 Å². The Morgan fingerprint density at radius 3 is 1.37 bits per heavy atom. The van der Waals surface area contributed by atoms with Gasteiger partial charge in [-0.05, 0) is 179 Å². The molecule has 11 aromatic carbocycles. The van der Waals surface area contributed by atoms with Gasteiger partial charge < -0.3 is 0 Å². The Morgan fingerprint density at radius 1 is 0.305 bits per heavy atom. The minimum atomic E-state index is 0.470. The average molecular weight is 745 g/mol. The molecule has 0 amide bonds. The van der Waals surface area contributed by atoms with Crippen LogP contribution in [0.3, 0.4) is 0 Å². The molecule has 11 aromatic rings. The molecule has 272 valence electrons. The van der Waals surface area contributed by atoms with Crippen molar-refractivity contribution in [3.8, 4) is 55.6 Å². The van der Waals surface area contributed by atoms with Crippen LogP contribution >= 0.6 is 0 Å². The highest BCUT2D eigenvalue weighted by Gasteiger charge is 2.32. The van der Waals surface area contributed by atoms with E-state index in [9.17, 15) is 0 Å². The van der Waals surface area contributed by atoms with Crippen LogP contribution in [0.1, 0.15) is 23.6 Å². The molecular weight excluding hydrogens is 709 g/mol. The second-order valence-electron chi connectivity index (χ2n) is 17.1. The topological polar surface area (TPSA) is 0 Å². The summed E-state index contributed by atoms with van der Waals surface area (Å²) in [7, 11) is 0. The molecule has 0 heterocycles. The summed E-state index contributed by atoms with van der Waals surface area (Å²) in [5.41, 5.74) is 19.0. The van der Waals surface area contributed by atoms with Crippen LogP contribution in [-0.4, -0.2) is 0 Å². The Balaban J connectivity index is 1.04. The third-order valence-corrected chi connectivity index (χ3v) is 14.0. The van der Waals surface area contributed by atoms with E-state index in [2.05, 4.69) is 189 Å². The van der Waals surface area contributed by atoms with Gasteiger partial charge >= 0.3 is 0 Å². The molecule has 3 aliphatic rings. The predicted molar refractivity (Wildman–Crippen MR) is 252 cm³/mol. The van der Waals surface area contributed by atoms with Crippen molar-refractivity contribution < 1.29 is 0 Å². The van der Waals surface area contributed by atoms with Crippen molar-refractivity contribution in [1.29, 1.82) is 0 Å². The van der Waals surface area contributed by atoms with Crippen LogP contribution in [0.2, 0.25) is 0 Å². The summed E-state index contributed by atoms with van der Waals surface area (Å²) in [6, 6.07) is 66.9. The van der Waals surface area contributed by atoms with Crippen LogP contribution in [-0.2, 0) is 6.42 Å². The Morgan fingerprint density at radius 2 is 0.729 bits per heavy atom. The number of allylic oxidation sites excluding steroid dienone is 1. The fraction of sp³-hybridized carbons (Fsp3) is 0.0508. The minimum Gasteiger partial charge on any atom is -0.0728 e. The van der Waals surface area contributed by atoms with Gasteiger partial charge in [0.25, 0.3) is 0 Å². The zero-order valence-electron chi connectivity index (χ0n) is 32.6. The van der Waals surface area contributed by atoms with Gasteiger partial charge in [-0.2, -0.15) is 0 Å². The van der Waals surface area contributed by atoms with Crippen LogP contribution in [0.4, 0.5) is 0 Å². The van der Waals surface area contributed by atoms with Gasteiger partial charge in [0.2, 0.25) is 0 Å². The first kappa shape index (κ1) is 31.8. The number of benzene rings is 11. The van der Waals surface area contributed by atoms with Gasteiger partial charge in [0.15, 0.2) is 0 Å². The van der Waals surface area contributed by atoms with Gasteiger partial charge in [-0.25, -0.2) is 0 Å². The van der Waals surface area contributed by atoms with E-state index in [1.54, 1.807) is 0 Å². The first-order valence-electron chi connectivity index (χ1n) is 21.1. The van der Waals surface area contributed by atoms with Crippen LogP contribution in [0.5, 0.6) is 0 Å². The lowest BCUT2D eigenvalue weighted by atomic mass is 9.80. The van der Waals surface area contributed by atoms with Crippen molar-refractivity contribution in [2.75, 3.05) is 0 Å². The summed E-state index contributed by atoms with van der Waals surface area (Å²) < 4.78 is 0. The molecule has 0 saturated carbocycles. The largest absolute Gasteiger partial charge is 0.0728 e. The van der Waals surface area contributed by atoms with E-state index in [1.807, 2.05) is 0 Å². The molecule has 14 rings (SSSR count). The molecule has 1 unspecified atom stereocenters. The molecule has 0 aromatic heterocycles. The van der Waals surface area contributed by atoms with Crippen molar-refractivity contribution >= 4 is 70.2 Å². The van der Waals surface area contributed by atoms with Crippen molar-refractivity contribution in [2.45, 2.75) is 13.3 Å². The van der Waals surface area contributed by atoms with Gasteiger partial charge in [0.1, 0.15) is 0 Å². The molecule has 0 bridgehead atoms. The van der Waals surface area contributed by atoms with E-state index >= 15 is 0 Å². The van der Waals surface area contributed by atoms with Gasteiger partial charge in [0.05, 0.1) is 0 Å². The maximum absolute atomic E-state index is 2.54. The lowest BCUT2D eigenvalue weighted by molar-refractivity contribution is 0.719. The number of hydrogen-bond acceptors (Lipinski definition) is 0. The quantitative estimate of drug-likeness (QED) is 0.155. The first-order chi connectivity index (χ1) is 29.2. The van der Waals surface area contributed by atoms with Gasteiger partial charge in [-0.3, -0.25) is 0 Å². The molecule has 59 heavy (non-hydrogen) atoms. The fourth-order valence-corrected chi connectivity index (χ4v) is 11.6. The Labute approximate surface area is 342 Å². The summed E-state index contributed by atoms with van der Waals surface area (Å²) in [5, 5.41) is 15.9. The molecule has 0 fully saturated rings.